The van der Waals surface area contributed by atoms with Gasteiger partial charge < -0.3 is 10.1 Å². The van der Waals surface area contributed by atoms with Crippen LogP contribution in [0.4, 0.5) is 0 Å². The van der Waals surface area contributed by atoms with E-state index in [1.54, 1.807) is 37.3 Å². The Hall–Kier alpha value is -2.05. The maximum atomic E-state index is 13.5. The van der Waals surface area contributed by atoms with Gasteiger partial charge >= 0.3 is 0 Å². The van der Waals surface area contributed by atoms with E-state index >= 15 is 0 Å². The molecule has 2 aliphatic rings. The van der Waals surface area contributed by atoms with Crippen LogP contribution < -0.4 is 10.1 Å². The Morgan fingerprint density at radius 1 is 1.14 bits per heavy atom. The fraction of sp³-hybridized carbons (Fsp3) is 0.409. The molecule has 2 aromatic carbocycles. The predicted octanol–water partition coefficient (Wildman–Crippen LogP) is 4.19. The summed E-state index contributed by atoms with van der Waals surface area (Å²) >= 11 is 6.16. The number of benzene rings is 2. The van der Waals surface area contributed by atoms with Gasteiger partial charge in [-0.15, -0.1) is 0 Å². The molecule has 2 aliphatic heterocycles. The third kappa shape index (κ3) is 3.42. The molecule has 0 spiro atoms. The van der Waals surface area contributed by atoms with Gasteiger partial charge in [0.1, 0.15) is 5.75 Å². The summed E-state index contributed by atoms with van der Waals surface area (Å²) in [6.45, 7) is 7.95. The number of amides is 1. The molecule has 1 fully saturated rings. The lowest BCUT2D eigenvalue weighted by atomic mass is 9.81. The summed E-state index contributed by atoms with van der Waals surface area (Å²) in [5, 5.41) is 2.01. The van der Waals surface area contributed by atoms with Crippen LogP contribution in [0.2, 0.25) is 5.02 Å². The fourth-order valence-corrected chi connectivity index (χ4v) is 6.23. The third-order valence-corrected chi connectivity index (χ3v) is 8.09. The van der Waals surface area contributed by atoms with Crippen LogP contribution in [0.1, 0.15) is 51.2 Å². The highest BCUT2D eigenvalue weighted by molar-refractivity contribution is 7.92. The average Bonchev–Trinajstić information content (AvgIpc) is 2.61. The first kappa shape index (κ1) is 20.2. The molecule has 0 aliphatic carbocycles. The normalized spacial score (nSPS) is 26.3. The molecular weight excluding hydrogens is 410 g/mol. The van der Waals surface area contributed by atoms with E-state index in [4.69, 9.17) is 16.3 Å². The number of ether oxygens (including phenoxy) is 1. The van der Waals surface area contributed by atoms with Crippen molar-refractivity contribution >= 4 is 27.3 Å². The molecule has 1 saturated heterocycles. The van der Waals surface area contributed by atoms with Crippen LogP contribution in [-0.4, -0.2) is 25.3 Å². The number of carbonyl (C=O) groups is 1. The molecule has 2 heterocycles. The summed E-state index contributed by atoms with van der Waals surface area (Å²) in [5.41, 5.74) is 0.651. The van der Waals surface area contributed by atoms with E-state index in [2.05, 4.69) is 26.1 Å². The molecule has 7 heteroatoms. The smallest absolute Gasteiger partial charge is 0.242 e. The molecule has 2 aromatic rings. The third-order valence-electron chi connectivity index (χ3n) is 5.71. The Balaban J connectivity index is 1.80. The molecule has 5 nitrogen and oxygen atoms in total. The number of sulfone groups is 1. The summed E-state index contributed by atoms with van der Waals surface area (Å²) in [4.78, 5) is 13.1. The first-order valence-electron chi connectivity index (χ1n) is 9.56. The number of fused-ring (bicyclic) bond motifs is 4. The fourth-order valence-electron chi connectivity index (χ4n) is 4.23. The largest absolute Gasteiger partial charge is 0.468 e. The lowest BCUT2D eigenvalue weighted by Crippen LogP contribution is -2.63. The highest BCUT2D eigenvalue weighted by Crippen LogP contribution is 2.47. The van der Waals surface area contributed by atoms with Gasteiger partial charge in [0.15, 0.2) is 20.8 Å². The highest BCUT2D eigenvalue weighted by atomic mass is 35.5. The molecule has 1 N–H and O–H groups in total. The molecule has 29 heavy (non-hydrogen) atoms. The number of hydrogen-bond acceptors (Lipinski definition) is 4. The molecule has 3 unspecified atom stereocenters. The van der Waals surface area contributed by atoms with Crippen LogP contribution >= 0.6 is 11.6 Å². The van der Waals surface area contributed by atoms with Crippen LogP contribution in [0, 0.1) is 0 Å². The van der Waals surface area contributed by atoms with E-state index < -0.39 is 32.6 Å². The van der Waals surface area contributed by atoms with Gasteiger partial charge in [0.25, 0.3) is 0 Å². The lowest BCUT2D eigenvalue weighted by molar-refractivity contribution is -0.132. The van der Waals surface area contributed by atoms with Crippen LogP contribution in [0.15, 0.2) is 47.4 Å². The zero-order valence-corrected chi connectivity index (χ0v) is 18.4. The Kier molecular flexibility index (Phi) is 4.52. The maximum absolute atomic E-state index is 13.5. The van der Waals surface area contributed by atoms with Crippen LogP contribution in [0.3, 0.4) is 0 Å². The average molecular weight is 434 g/mol. The Morgan fingerprint density at radius 2 is 1.79 bits per heavy atom. The predicted molar refractivity (Wildman–Crippen MR) is 112 cm³/mol. The van der Waals surface area contributed by atoms with Gasteiger partial charge in [0.2, 0.25) is 5.91 Å². The van der Waals surface area contributed by atoms with E-state index in [-0.39, 0.29) is 10.3 Å². The minimum atomic E-state index is -3.92. The van der Waals surface area contributed by atoms with Crippen molar-refractivity contribution < 1.29 is 17.9 Å². The van der Waals surface area contributed by atoms with Gasteiger partial charge in [-0.05, 0) is 48.2 Å². The summed E-state index contributed by atoms with van der Waals surface area (Å²) in [7, 11) is -3.92. The quantitative estimate of drug-likeness (QED) is 0.770. The summed E-state index contributed by atoms with van der Waals surface area (Å²) < 4.78 is 33.0. The SMILES string of the molecule is CC12CC(c3cc(Cl)ccc3O1)C(S(=O)(=O)c1ccc(C(C)(C)C)cc1)C(=O)N2. The van der Waals surface area contributed by atoms with Crippen molar-refractivity contribution in [2.75, 3.05) is 0 Å². The zero-order chi connectivity index (χ0) is 21.2. The van der Waals surface area contributed by atoms with Crippen LogP contribution in [-0.2, 0) is 20.0 Å². The molecular formula is C22H24ClNO4S. The monoisotopic (exact) mass is 433 g/mol. The Morgan fingerprint density at radius 3 is 2.41 bits per heavy atom. The molecule has 0 saturated carbocycles. The minimum absolute atomic E-state index is 0.0945. The number of nitrogens with one attached hydrogen (secondary N) is 1. The van der Waals surface area contributed by atoms with Crippen molar-refractivity contribution in [2.24, 2.45) is 0 Å². The zero-order valence-electron chi connectivity index (χ0n) is 16.8. The van der Waals surface area contributed by atoms with Crippen molar-refractivity contribution in [1.82, 2.24) is 5.32 Å². The van der Waals surface area contributed by atoms with Gasteiger partial charge in [0, 0.05) is 22.9 Å². The molecule has 2 bridgehead atoms. The summed E-state index contributed by atoms with van der Waals surface area (Å²) in [5.74, 6) is -0.533. The van der Waals surface area contributed by atoms with Crippen LogP contribution in [0.5, 0.6) is 5.75 Å². The van der Waals surface area contributed by atoms with E-state index in [0.29, 0.717) is 22.8 Å². The van der Waals surface area contributed by atoms with Gasteiger partial charge in [-0.1, -0.05) is 44.5 Å². The second-order valence-electron chi connectivity index (χ2n) is 9.05. The molecule has 154 valence electrons. The molecule has 0 aromatic heterocycles. The first-order chi connectivity index (χ1) is 13.4. The molecule has 4 rings (SSSR count). The van der Waals surface area contributed by atoms with Gasteiger partial charge in [-0.2, -0.15) is 0 Å². The summed E-state index contributed by atoms with van der Waals surface area (Å²) in [6.07, 6.45) is 0.357. The highest BCUT2D eigenvalue weighted by Gasteiger charge is 2.54. The first-order valence-corrected chi connectivity index (χ1v) is 11.5. The topological polar surface area (TPSA) is 72.5 Å². The van der Waals surface area contributed by atoms with Crippen LogP contribution in [0.25, 0.3) is 0 Å². The number of hydrogen-bond donors (Lipinski definition) is 1. The van der Waals surface area contributed by atoms with Crippen molar-refractivity contribution in [2.45, 2.75) is 61.3 Å². The minimum Gasteiger partial charge on any atom is -0.468 e. The standard InChI is InChI=1S/C22H24ClNO4S/c1-21(2,3)13-5-8-15(9-6-13)29(26,27)19-17-12-22(4,24-20(19)25)28-18-10-7-14(23)11-16(17)18/h5-11,17,19H,12H2,1-4H3,(H,24,25). The van der Waals surface area contributed by atoms with Crippen molar-refractivity contribution in [3.05, 3.63) is 58.6 Å². The van der Waals surface area contributed by atoms with Gasteiger partial charge in [0.05, 0.1) is 4.90 Å². The number of rotatable bonds is 2. The Labute approximate surface area is 176 Å². The number of carbonyl (C=O) groups excluding carboxylic acids is 1. The number of halogens is 1. The maximum Gasteiger partial charge on any atom is 0.242 e. The van der Waals surface area contributed by atoms with Gasteiger partial charge in [-0.3, -0.25) is 4.79 Å². The van der Waals surface area contributed by atoms with Crippen molar-refractivity contribution in [3.8, 4) is 5.75 Å². The van der Waals surface area contributed by atoms with E-state index in [1.165, 1.54) is 0 Å². The second-order valence-corrected chi connectivity index (χ2v) is 11.6. The van der Waals surface area contributed by atoms with Gasteiger partial charge in [-0.25, -0.2) is 8.42 Å². The summed E-state index contributed by atoms with van der Waals surface area (Å²) in [6, 6.07) is 11.9. The Bertz CT molecular complexity index is 1090. The number of piperidine rings is 1. The van der Waals surface area contributed by atoms with E-state index in [9.17, 15) is 13.2 Å². The van der Waals surface area contributed by atoms with E-state index in [0.717, 1.165) is 5.56 Å². The van der Waals surface area contributed by atoms with E-state index in [1.807, 2.05) is 12.1 Å². The lowest BCUT2D eigenvalue weighted by Gasteiger charge is -2.46. The molecule has 3 atom stereocenters. The van der Waals surface area contributed by atoms with Crippen molar-refractivity contribution in [3.63, 3.8) is 0 Å². The molecule has 1 amide bonds. The second kappa shape index (κ2) is 6.47. The van der Waals surface area contributed by atoms with Crippen molar-refractivity contribution in [1.29, 1.82) is 0 Å². The molecule has 0 radical (unpaired) electrons.